The molecule has 1 fully saturated rings. The van der Waals surface area contributed by atoms with Gasteiger partial charge in [0.25, 0.3) is 0 Å². The summed E-state index contributed by atoms with van der Waals surface area (Å²) >= 11 is 0. The van der Waals surface area contributed by atoms with Crippen molar-refractivity contribution < 1.29 is 5.11 Å². The molecule has 1 aromatic rings. The predicted octanol–water partition coefficient (Wildman–Crippen LogP) is 2.96. The molecule has 1 aliphatic heterocycles. The molecule has 1 aliphatic rings. The topological polar surface area (TPSA) is 49.5 Å². The maximum Gasteiger partial charge on any atom is 0.0802 e. The second kappa shape index (κ2) is 6.92. The normalized spacial score (nSPS) is 22.3. The van der Waals surface area contributed by atoms with Crippen LogP contribution in [0.3, 0.4) is 0 Å². The molecule has 106 valence electrons. The molecule has 3 nitrogen and oxygen atoms in total. The molecular formula is C16H26N2O. The van der Waals surface area contributed by atoms with Crippen molar-refractivity contribution in [3.8, 4) is 0 Å². The summed E-state index contributed by atoms with van der Waals surface area (Å²) in [5, 5.41) is 10.2. The SMILES string of the molecule is CCC1CCCCN1CCC(O)c1ccc(N)cc1. The zero-order chi connectivity index (χ0) is 13.7. The Morgan fingerprint density at radius 1 is 1.32 bits per heavy atom. The number of rotatable bonds is 5. The number of aliphatic hydroxyl groups is 1. The number of hydrogen-bond acceptors (Lipinski definition) is 3. The van der Waals surface area contributed by atoms with Gasteiger partial charge in [0.15, 0.2) is 0 Å². The molecule has 0 radical (unpaired) electrons. The first kappa shape index (κ1) is 14.4. The Kier molecular flexibility index (Phi) is 5.23. The number of hydrogen-bond donors (Lipinski definition) is 2. The third-order valence-electron chi connectivity index (χ3n) is 4.23. The van der Waals surface area contributed by atoms with Crippen molar-refractivity contribution in [1.82, 2.24) is 4.90 Å². The monoisotopic (exact) mass is 262 g/mol. The highest BCUT2D eigenvalue weighted by atomic mass is 16.3. The van der Waals surface area contributed by atoms with Gasteiger partial charge in [-0.2, -0.15) is 0 Å². The fourth-order valence-electron chi connectivity index (χ4n) is 2.99. The van der Waals surface area contributed by atoms with Crippen LogP contribution >= 0.6 is 0 Å². The summed E-state index contributed by atoms with van der Waals surface area (Å²) in [5.41, 5.74) is 7.38. The van der Waals surface area contributed by atoms with Gasteiger partial charge in [-0.05, 0) is 49.9 Å². The first-order chi connectivity index (χ1) is 9.20. The van der Waals surface area contributed by atoms with Crippen LogP contribution in [0.5, 0.6) is 0 Å². The summed E-state index contributed by atoms with van der Waals surface area (Å²) in [6.45, 7) is 4.44. The van der Waals surface area contributed by atoms with E-state index in [9.17, 15) is 5.11 Å². The number of nitrogens with zero attached hydrogens (tertiary/aromatic N) is 1. The van der Waals surface area contributed by atoms with Crippen molar-refractivity contribution in [2.24, 2.45) is 0 Å². The minimum Gasteiger partial charge on any atom is -0.399 e. The highest BCUT2D eigenvalue weighted by Gasteiger charge is 2.21. The van der Waals surface area contributed by atoms with E-state index in [1.807, 2.05) is 24.3 Å². The molecule has 3 heteroatoms. The Morgan fingerprint density at radius 2 is 2.05 bits per heavy atom. The molecule has 2 unspecified atom stereocenters. The number of likely N-dealkylation sites (tertiary alicyclic amines) is 1. The highest BCUT2D eigenvalue weighted by Crippen LogP contribution is 2.23. The molecular weight excluding hydrogens is 236 g/mol. The van der Waals surface area contributed by atoms with Crippen LogP contribution in [-0.4, -0.2) is 29.1 Å². The van der Waals surface area contributed by atoms with E-state index in [4.69, 9.17) is 5.73 Å². The van der Waals surface area contributed by atoms with Gasteiger partial charge < -0.3 is 15.7 Å². The maximum absolute atomic E-state index is 10.2. The van der Waals surface area contributed by atoms with E-state index in [0.717, 1.165) is 24.2 Å². The lowest BCUT2D eigenvalue weighted by atomic mass is 9.98. The summed E-state index contributed by atoms with van der Waals surface area (Å²) in [6.07, 6.45) is 5.62. The third-order valence-corrected chi connectivity index (χ3v) is 4.23. The van der Waals surface area contributed by atoms with Crippen molar-refractivity contribution in [3.63, 3.8) is 0 Å². The molecule has 19 heavy (non-hydrogen) atoms. The molecule has 1 aromatic carbocycles. The minimum atomic E-state index is -0.375. The quantitative estimate of drug-likeness (QED) is 0.802. The van der Waals surface area contributed by atoms with E-state index in [2.05, 4.69) is 11.8 Å². The van der Waals surface area contributed by atoms with Gasteiger partial charge in [0.05, 0.1) is 6.10 Å². The van der Waals surface area contributed by atoms with Gasteiger partial charge in [-0.3, -0.25) is 0 Å². The molecule has 3 N–H and O–H groups in total. The Morgan fingerprint density at radius 3 is 2.74 bits per heavy atom. The van der Waals surface area contributed by atoms with Crippen molar-refractivity contribution in [1.29, 1.82) is 0 Å². The molecule has 0 amide bonds. The number of nitrogen functional groups attached to an aromatic ring is 1. The average Bonchev–Trinajstić information content (AvgIpc) is 2.45. The highest BCUT2D eigenvalue weighted by molar-refractivity contribution is 5.39. The lowest BCUT2D eigenvalue weighted by Gasteiger charge is -2.35. The largest absolute Gasteiger partial charge is 0.399 e. The van der Waals surface area contributed by atoms with Crippen LogP contribution in [0.25, 0.3) is 0 Å². The summed E-state index contributed by atoms with van der Waals surface area (Å²) in [5.74, 6) is 0. The van der Waals surface area contributed by atoms with Gasteiger partial charge >= 0.3 is 0 Å². The molecule has 0 aliphatic carbocycles. The standard InChI is InChI=1S/C16H26N2O/c1-2-15-5-3-4-11-18(15)12-10-16(19)13-6-8-14(17)9-7-13/h6-9,15-16,19H,2-5,10-12,17H2,1H3. The number of benzene rings is 1. The lowest BCUT2D eigenvalue weighted by molar-refractivity contribution is 0.101. The third kappa shape index (κ3) is 3.95. The van der Waals surface area contributed by atoms with Crippen LogP contribution in [-0.2, 0) is 0 Å². The Balaban J connectivity index is 1.85. The minimum absolute atomic E-state index is 0.375. The molecule has 2 atom stereocenters. The molecule has 1 saturated heterocycles. The molecule has 0 saturated carbocycles. The zero-order valence-corrected chi connectivity index (χ0v) is 11.9. The van der Waals surface area contributed by atoms with Crippen LogP contribution in [0.15, 0.2) is 24.3 Å². The van der Waals surface area contributed by atoms with Crippen molar-refractivity contribution in [2.45, 2.75) is 51.2 Å². The van der Waals surface area contributed by atoms with Crippen LogP contribution in [0.4, 0.5) is 5.69 Å². The second-order valence-corrected chi connectivity index (χ2v) is 5.56. The fraction of sp³-hybridized carbons (Fsp3) is 0.625. The predicted molar refractivity (Wildman–Crippen MR) is 79.9 cm³/mol. The summed E-state index contributed by atoms with van der Waals surface area (Å²) in [4.78, 5) is 2.55. The van der Waals surface area contributed by atoms with Gasteiger partial charge in [0.2, 0.25) is 0 Å². The van der Waals surface area contributed by atoms with E-state index in [1.54, 1.807) is 0 Å². The number of anilines is 1. The van der Waals surface area contributed by atoms with E-state index in [-0.39, 0.29) is 6.10 Å². The van der Waals surface area contributed by atoms with E-state index < -0.39 is 0 Å². The summed E-state index contributed by atoms with van der Waals surface area (Å²) in [6, 6.07) is 8.27. The van der Waals surface area contributed by atoms with E-state index in [0.29, 0.717) is 6.04 Å². The van der Waals surface area contributed by atoms with Crippen LogP contribution in [0, 0.1) is 0 Å². The Labute approximate surface area is 116 Å². The number of nitrogens with two attached hydrogens (primary N) is 1. The fourth-order valence-corrected chi connectivity index (χ4v) is 2.99. The van der Waals surface area contributed by atoms with Gasteiger partial charge in [0, 0.05) is 18.3 Å². The van der Waals surface area contributed by atoms with E-state index >= 15 is 0 Å². The van der Waals surface area contributed by atoms with Crippen molar-refractivity contribution in [3.05, 3.63) is 29.8 Å². The summed E-state index contributed by atoms with van der Waals surface area (Å²) in [7, 11) is 0. The first-order valence-electron chi connectivity index (χ1n) is 7.48. The van der Waals surface area contributed by atoms with E-state index in [1.165, 1.54) is 32.2 Å². The molecule has 0 spiro atoms. The second-order valence-electron chi connectivity index (χ2n) is 5.56. The maximum atomic E-state index is 10.2. The van der Waals surface area contributed by atoms with Crippen molar-refractivity contribution >= 4 is 5.69 Å². The zero-order valence-electron chi connectivity index (χ0n) is 11.9. The molecule has 2 rings (SSSR count). The van der Waals surface area contributed by atoms with Crippen molar-refractivity contribution in [2.75, 3.05) is 18.8 Å². The Hall–Kier alpha value is -1.06. The molecule has 0 bridgehead atoms. The number of aliphatic hydroxyl groups excluding tert-OH is 1. The first-order valence-corrected chi connectivity index (χ1v) is 7.48. The van der Waals surface area contributed by atoms with Crippen LogP contribution in [0.2, 0.25) is 0 Å². The van der Waals surface area contributed by atoms with Gasteiger partial charge in [-0.25, -0.2) is 0 Å². The van der Waals surface area contributed by atoms with Gasteiger partial charge in [0.1, 0.15) is 0 Å². The number of piperidine rings is 1. The Bertz CT molecular complexity index is 377. The van der Waals surface area contributed by atoms with Crippen LogP contribution in [0.1, 0.15) is 50.7 Å². The smallest absolute Gasteiger partial charge is 0.0802 e. The van der Waals surface area contributed by atoms with Gasteiger partial charge in [-0.15, -0.1) is 0 Å². The summed E-state index contributed by atoms with van der Waals surface area (Å²) < 4.78 is 0. The molecule has 0 aromatic heterocycles. The molecule has 1 heterocycles. The van der Waals surface area contributed by atoms with Gasteiger partial charge in [-0.1, -0.05) is 25.5 Å². The van der Waals surface area contributed by atoms with Crippen LogP contribution < -0.4 is 5.73 Å². The average molecular weight is 262 g/mol. The lowest BCUT2D eigenvalue weighted by Crippen LogP contribution is -2.40.